The SMILES string of the molecule is CC1CCCC(NS(=O)(=O)c2cc(CN)ccc2F)C1C. The minimum Gasteiger partial charge on any atom is -0.326 e. The Morgan fingerprint density at radius 1 is 1.33 bits per heavy atom. The molecule has 1 aromatic rings. The summed E-state index contributed by atoms with van der Waals surface area (Å²) >= 11 is 0. The van der Waals surface area contributed by atoms with E-state index in [1.54, 1.807) is 0 Å². The average Bonchev–Trinajstić information content (AvgIpc) is 2.44. The van der Waals surface area contributed by atoms with Gasteiger partial charge in [0.1, 0.15) is 10.7 Å². The molecule has 0 amide bonds. The summed E-state index contributed by atoms with van der Waals surface area (Å²) in [6.45, 7) is 4.35. The van der Waals surface area contributed by atoms with Crippen LogP contribution in [0.25, 0.3) is 0 Å². The Morgan fingerprint density at radius 2 is 2.05 bits per heavy atom. The van der Waals surface area contributed by atoms with E-state index in [9.17, 15) is 12.8 Å². The van der Waals surface area contributed by atoms with Gasteiger partial charge in [0.15, 0.2) is 0 Å². The molecule has 0 bridgehead atoms. The van der Waals surface area contributed by atoms with Gasteiger partial charge in [0.2, 0.25) is 10.0 Å². The van der Waals surface area contributed by atoms with E-state index in [4.69, 9.17) is 5.73 Å². The van der Waals surface area contributed by atoms with Gasteiger partial charge in [0.05, 0.1) is 0 Å². The summed E-state index contributed by atoms with van der Waals surface area (Å²) in [5.74, 6) is -0.0304. The van der Waals surface area contributed by atoms with E-state index in [0.717, 1.165) is 25.3 Å². The van der Waals surface area contributed by atoms with E-state index in [1.165, 1.54) is 12.1 Å². The van der Waals surface area contributed by atoms with Crippen LogP contribution >= 0.6 is 0 Å². The van der Waals surface area contributed by atoms with Crippen molar-refractivity contribution in [2.24, 2.45) is 17.6 Å². The standard InChI is InChI=1S/C15H23FN2O2S/c1-10-4-3-5-14(11(10)2)18-21(19,20)15-8-12(9-17)6-7-13(15)16/h6-8,10-11,14,18H,3-5,9,17H2,1-2H3. The molecule has 3 unspecified atom stereocenters. The number of sulfonamides is 1. The van der Waals surface area contributed by atoms with Gasteiger partial charge in [-0.15, -0.1) is 0 Å². The second kappa shape index (κ2) is 6.42. The van der Waals surface area contributed by atoms with E-state index in [2.05, 4.69) is 11.6 Å². The van der Waals surface area contributed by atoms with Crippen molar-refractivity contribution < 1.29 is 12.8 Å². The fraction of sp³-hybridized carbons (Fsp3) is 0.600. The van der Waals surface area contributed by atoms with Crippen LogP contribution in [-0.2, 0) is 16.6 Å². The van der Waals surface area contributed by atoms with Crippen LogP contribution in [0.3, 0.4) is 0 Å². The summed E-state index contributed by atoms with van der Waals surface area (Å²) in [5.41, 5.74) is 6.10. The normalized spacial score (nSPS) is 26.8. The Labute approximate surface area is 126 Å². The van der Waals surface area contributed by atoms with Crippen molar-refractivity contribution in [1.29, 1.82) is 0 Å². The molecule has 3 N–H and O–H groups in total. The maximum absolute atomic E-state index is 13.9. The van der Waals surface area contributed by atoms with Crippen LogP contribution in [0.4, 0.5) is 4.39 Å². The lowest BCUT2D eigenvalue weighted by atomic mass is 9.78. The first-order chi connectivity index (χ1) is 9.85. The molecule has 6 heteroatoms. The summed E-state index contributed by atoms with van der Waals surface area (Å²) in [7, 11) is -3.86. The van der Waals surface area contributed by atoms with Gasteiger partial charge < -0.3 is 5.73 Å². The minimum atomic E-state index is -3.86. The molecular weight excluding hydrogens is 291 g/mol. The van der Waals surface area contributed by atoms with Gasteiger partial charge in [-0.05, 0) is 36.0 Å². The molecule has 3 atom stereocenters. The van der Waals surface area contributed by atoms with Gasteiger partial charge in [0.25, 0.3) is 0 Å². The minimum absolute atomic E-state index is 0.139. The Hall–Kier alpha value is -0.980. The molecule has 2 rings (SSSR count). The van der Waals surface area contributed by atoms with E-state index < -0.39 is 15.8 Å². The van der Waals surface area contributed by atoms with E-state index in [0.29, 0.717) is 11.5 Å². The molecule has 118 valence electrons. The summed E-state index contributed by atoms with van der Waals surface area (Å²) in [6.07, 6.45) is 2.89. The van der Waals surface area contributed by atoms with Crippen molar-refractivity contribution in [2.45, 2.75) is 50.6 Å². The third-order valence-corrected chi connectivity index (χ3v) is 6.04. The molecule has 0 aromatic heterocycles. The predicted molar refractivity (Wildman–Crippen MR) is 80.6 cm³/mol. The van der Waals surface area contributed by atoms with Gasteiger partial charge in [0, 0.05) is 12.6 Å². The smallest absolute Gasteiger partial charge is 0.243 e. The van der Waals surface area contributed by atoms with Crippen LogP contribution < -0.4 is 10.5 Å². The number of nitrogens with two attached hydrogens (primary N) is 1. The van der Waals surface area contributed by atoms with Crippen LogP contribution in [0.15, 0.2) is 23.1 Å². The lowest BCUT2D eigenvalue weighted by molar-refractivity contribution is 0.227. The molecule has 0 radical (unpaired) electrons. The van der Waals surface area contributed by atoms with Crippen molar-refractivity contribution in [2.75, 3.05) is 0 Å². The molecule has 1 aromatic carbocycles. The first kappa shape index (κ1) is 16.4. The molecule has 0 aliphatic heterocycles. The first-order valence-corrected chi connectivity index (χ1v) is 8.84. The zero-order chi connectivity index (χ0) is 15.6. The fourth-order valence-electron chi connectivity index (χ4n) is 2.89. The number of rotatable bonds is 4. The number of hydrogen-bond acceptors (Lipinski definition) is 3. The van der Waals surface area contributed by atoms with Crippen LogP contribution in [0.2, 0.25) is 0 Å². The third kappa shape index (κ3) is 3.62. The molecule has 0 heterocycles. The van der Waals surface area contributed by atoms with E-state index in [-0.39, 0.29) is 23.4 Å². The van der Waals surface area contributed by atoms with Crippen molar-refractivity contribution in [3.8, 4) is 0 Å². The van der Waals surface area contributed by atoms with E-state index >= 15 is 0 Å². The summed E-state index contributed by atoms with van der Waals surface area (Å²) in [6, 6.07) is 3.83. The molecule has 0 spiro atoms. The van der Waals surface area contributed by atoms with Crippen molar-refractivity contribution >= 4 is 10.0 Å². The van der Waals surface area contributed by atoms with E-state index in [1.807, 2.05) is 6.92 Å². The van der Waals surface area contributed by atoms with Crippen LogP contribution in [0.1, 0.15) is 38.7 Å². The van der Waals surface area contributed by atoms with Gasteiger partial charge >= 0.3 is 0 Å². The topological polar surface area (TPSA) is 72.2 Å². The molecule has 1 aliphatic rings. The summed E-state index contributed by atoms with van der Waals surface area (Å²) < 4.78 is 41.4. The summed E-state index contributed by atoms with van der Waals surface area (Å²) in [4.78, 5) is -0.309. The Balaban J connectivity index is 2.26. The van der Waals surface area contributed by atoms with Crippen molar-refractivity contribution in [3.05, 3.63) is 29.6 Å². The summed E-state index contributed by atoms with van der Waals surface area (Å²) in [5, 5.41) is 0. The van der Waals surface area contributed by atoms with Crippen LogP contribution in [-0.4, -0.2) is 14.5 Å². The third-order valence-electron chi connectivity index (χ3n) is 4.53. The van der Waals surface area contributed by atoms with Gasteiger partial charge in [-0.25, -0.2) is 17.5 Å². The maximum atomic E-state index is 13.9. The number of nitrogens with one attached hydrogen (secondary N) is 1. The average molecular weight is 314 g/mol. The zero-order valence-corrected chi connectivity index (χ0v) is 13.3. The highest BCUT2D eigenvalue weighted by atomic mass is 32.2. The lowest BCUT2D eigenvalue weighted by Gasteiger charge is -2.34. The van der Waals surface area contributed by atoms with Gasteiger partial charge in [-0.1, -0.05) is 32.8 Å². The highest BCUT2D eigenvalue weighted by Crippen LogP contribution is 2.30. The second-order valence-corrected chi connectivity index (χ2v) is 7.65. The molecule has 4 nitrogen and oxygen atoms in total. The van der Waals surface area contributed by atoms with Gasteiger partial charge in [-0.3, -0.25) is 0 Å². The Kier molecular flexibility index (Phi) is 5.01. The molecule has 1 fully saturated rings. The van der Waals surface area contributed by atoms with Crippen molar-refractivity contribution in [3.63, 3.8) is 0 Å². The molecular formula is C15H23FN2O2S. The Bertz CT molecular complexity index is 604. The second-order valence-electron chi connectivity index (χ2n) is 5.96. The van der Waals surface area contributed by atoms with Gasteiger partial charge in [-0.2, -0.15) is 0 Å². The number of halogens is 1. The molecule has 1 saturated carbocycles. The zero-order valence-electron chi connectivity index (χ0n) is 12.5. The quantitative estimate of drug-likeness (QED) is 0.896. The monoisotopic (exact) mass is 314 g/mol. The highest BCUT2D eigenvalue weighted by Gasteiger charge is 2.31. The fourth-order valence-corrected chi connectivity index (χ4v) is 4.38. The largest absolute Gasteiger partial charge is 0.326 e. The highest BCUT2D eigenvalue weighted by molar-refractivity contribution is 7.89. The Morgan fingerprint density at radius 3 is 2.71 bits per heavy atom. The van der Waals surface area contributed by atoms with Crippen molar-refractivity contribution in [1.82, 2.24) is 4.72 Å². The predicted octanol–water partition coefficient (Wildman–Crippen LogP) is 2.39. The lowest BCUT2D eigenvalue weighted by Crippen LogP contribution is -2.43. The molecule has 21 heavy (non-hydrogen) atoms. The first-order valence-electron chi connectivity index (χ1n) is 7.36. The van der Waals surface area contributed by atoms with Crippen LogP contribution in [0, 0.1) is 17.7 Å². The molecule has 0 saturated heterocycles. The number of benzene rings is 1. The maximum Gasteiger partial charge on any atom is 0.243 e. The van der Waals surface area contributed by atoms with Crippen LogP contribution in [0.5, 0.6) is 0 Å². The molecule has 1 aliphatic carbocycles. The number of hydrogen-bond donors (Lipinski definition) is 2.